The van der Waals surface area contributed by atoms with Gasteiger partial charge in [-0.1, -0.05) is 12.1 Å². The Labute approximate surface area is 109 Å². The first-order valence-electron chi connectivity index (χ1n) is 6.10. The molecule has 1 aliphatic rings. The second-order valence-corrected chi connectivity index (χ2v) is 4.69. The van der Waals surface area contributed by atoms with Crippen molar-refractivity contribution in [2.75, 3.05) is 0 Å². The summed E-state index contributed by atoms with van der Waals surface area (Å²) in [5, 5.41) is 0. The van der Waals surface area contributed by atoms with Crippen molar-refractivity contribution in [3.05, 3.63) is 65.2 Å². The van der Waals surface area contributed by atoms with Gasteiger partial charge in [-0.15, -0.1) is 0 Å². The molecule has 0 spiro atoms. The predicted octanol–water partition coefficient (Wildman–Crippen LogP) is 3.49. The fourth-order valence-electron chi connectivity index (χ4n) is 2.39. The van der Waals surface area contributed by atoms with Crippen LogP contribution in [-0.4, -0.2) is 0 Å². The number of benzene rings is 2. The van der Waals surface area contributed by atoms with Gasteiger partial charge in [0.25, 0.3) is 0 Å². The smallest absolute Gasteiger partial charge is 0.126 e. The van der Waals surface area contributed by atoms with E-state index in [-0.39, 0.29) is 23.8 Å². The topological polar surface area (TPSA) is 35.2 Å². The molecule has 0 saturated carbocycles. The molecule has 1 heterocycles. The number of nitrogens with two attached hydrogens (primary N) is 1. The van der Waals surface area contributed by atoms with Crippen LogP contribution in [0.5, 0.6) is 5.75 Å². The average molecular weight is 261 g/mol. The van der Waals surface area contributed by atoms with E-state index in [2.05, 4.69) is 0 Å². The lowest BCUT2D eigenvalue weighted by molar-refractivity contribution is 0.160. The summed E-state index contributed by atoms with van der Waals surface area (Å²) in [6.07, 6.45) is 0.198. The Morgan fingerprint density at radius 1 is 1.05 bits per heavy atom. The van der Waals surface area contributed by atoms with E-state index < -0.39 is 0 Å². The molecule has 0 bridgehead atoms. The summed E-state index contributed by atoms with van der Waals surface area (Å²) in [5.41, 5.74) is 7.44. The van der Waals surface area contributed by atoms with Crippen LogP contribution in [0, 0.1) is 11.6 Å². The van der Waals surface area contributed by atoms with Gasteiger partial charge in [-0.2, -0.15) is 0 Å². The van der Waals surface area contributed by atoms with Crippen LogP contribution in [0.15, 0.2) is 42.5 Å². The summed E-state index contributed by atoms with van der Waals surface area (Å²) >= 11 is 0. The highest BCUT2D eigenvalue weighted by molar-refractivity contribution is 5.39. The van der Waals surface area contributed by atoms with E-state index in [0.29, 0.717) is 17.7 Å². The van der Waals surface area contributed by atoms with Gasteiger partial charge in [-0.05, 0) is 35.9 Å². The summed E-state index contributed by atoms with van der Waals surface area (Å²) in [5.74, 6) is -0.0732. The molecule has 0 aromatic heterocycles. The number of hydrogen-bond acceptors (Lipinski definition) is 2. The fourth-order valence-corrected chi connectivity index (χ4v) is 2.39. The Morgan fingerprint density at radius 3 is 2.63 bits per heavy atom. The highest BCUT2D eigenvalue weighted by Gasteiger charge is 2.27. The van der Waals surface area contributed by atoms with Gasteiger partial charge in [0.2, 0.25) is 0 Å². The molecule has 1 aliphatic heterocycles. The van der Waals surface area contributed by atoms with Crippen molar-refractivity contribution in [1.82, 2.24) is 0 Å². The molecule has 3 rings (SSSR count). The zero-order chi connectivity index (χ0) is 13.4. The van der Waals surface area contributed by atoms with Crippen molar-refractivity contribution in [3.63, 3.8) is 0 Å². The molecule has 19 heavy (non-hydrogen) atoms. The molecule has 2 aromatic carbocycles. The van der Waals surface area contributed by atoms with Crippen LogP contribution in [0.1, 0.15) is 29.7 Å². The largest absolute Gasteiger partial charge is 0.485 e. The van der Waals surface area contributed by atoms with E-state index in [1.165, 1.54) is 24.3 Å². The minimum absolute atomic E-state index is 0.302. The number of fused-ring (bicyclic) bond motifs is 1. The van der Waals surface area contributed by atoms with Crippen LogP contribution in [0.3, 0.4) is 0 Å². The zero-order valence-electron chi connectivity index (χ0n) is 10.1. The van der Waals surface area contributed by atoms with Crippen molar-refractivity contribution >= 4 is 0 Å². The van der Waals surface area contributed by atoms with Crippen LogP contribution in [0.4, 0.5) is 8.78 Å². The minimum atomic E-state index is -0.331. The summed E-state index contributed by atoms with van der Waals surface area (Å²) in [6, 6.07) is 10.2. The molecular formula is C15H13F2NO. The van der Waals surface area contributed by atoms with Crippen LogP contribution in [0.25, 0.3) is 0 Å². The molecule has 98 valence electrons. The normalized spacial score (nSPS) is 21.6. The number of hydrogen-bond donors (Lipinski definition) is 1. The molecule has 2 N–H and O–H groups in total. The lowest BCUT2D eigenvalue weighted by Crippen LogP contribution is -2.24. The first-order valence-corrected chi connectivity index (χ1v) is 6.10. The minimum Gasteiger partial charge on any atom is -0.485 e. The Bertz CT molecular complexity index is 615. The Hall–Kier alpha value is -1.94. The SMILES string of the molecule is N[C@H]1CC(c2cccc(F)c2)Oc2ccc(F)cc21. The van der Waals surface area contributed by atoms with Crippen molar-refractivity contribution in [3.8, 4) is 5.75 Å². The maximum Gasteiger partial charge on any atom is 0.126 e. The second kappa shape index (κ2) is 4.63. The van der Waals surface area contributed by atoms with Crippen molar-refractivity contribution in [2.45, 2.75) is 18.6 Å². The van der Waals surface area contributed by atoms with E-state index in [9.17, 15) is 8.78 Å². The van der Waals surface area contributed by atoms with Crippen molar-refractivity contribution in [2.24, 2.45) is 5.73 Å². The van der Waals surface area contributed by atoms with Crippen LogP contribution in [0.2, 0.25) is 0 Å². The number of ether oxygens (including phenoxy) is 1. The van der Waals surface area contributed by atoms with Crippen LogP contribution in [-0.2, 0) is 0 Å². The quantitative estimate of drug-likeness (QED) is 0.852. The molecule has 2 atom stereocenters. The van der Waals surface area contributed by atoms with Gasteiger partial charge in [-0.3, -0.25) is 0 Å². The third-order valence-corrected chi connectivity index (χ3v) is 3.33. The van der Waals surface area contributed by atoms with Gasteiger partial charge in [0, 0.05) is 18.0 Å². The van der Waals surface area contributed by atoms with Gasteiger partial charge in [-0.25, -0.2) is 8.78 Å². The Kier molecular flexibility index (Phi) is 2.95. The zero-order valence-corrected chi connectivity index (χ0v) is 10.1. The van der Waals surface area contributed by atoms with Gasteiger partial charge < -0.3 is 10.5 Å². The third-order valence-electron chi connectivity index (χ3n) is 3.33. The summed E-state index contributed by atoms with van der Waals surface area (Å²) in [7, 11) is 0. The standard InChI is InChI=1S/C15H13F2NO/c16-10-3-1-2-9(6-10)15-8-13(18)12-7-11(17)4-5-14(12)19-15/h1-7,13,15H,8,18H2/t13-,15?/m0/s1. The van der Waals surface area contributed by atoms with Gasteiger partial charge in [0.1, 0.15) is 23.5 Å². The first kappa shape index (κ1) is 12.1. The number of rotatable bonds is 1. The molecule has 0 aliphatic carbocycles. The van der Waals surface area contributed by atoms with E-state index in [4.69, 9.17) is 10.5 Å². The lowest BCUT2D eigenvalue weighted by Gasteiger charge is -2.30. The van der Waals surface area contributed by atoms with Crippen LogP contribution < -0.4 is 10.5 Å². The van der Waals surface area contributed by atoms with E-state index in [0.717, 1.165) is 5.56 Å². The lowest BCUT2D eigenvalue weighted by atomic mass is 9.93. The molecule has 2 nitrogen and oxygen atoms in total. The average Bonchev–Trinajstić information content (AvgIpc) is 2.39. The third kappa shape index (κ3) is 2.31. The maximum absolute atomic E-state index is 13.2. The summed E-state index contributed by atoms with van der Waals surface area (Å²) in [6.45, 7) is 0. The van der Waals surface area contributed by atoms with Crippen molar-refractivity contribution < 1.29 is 13.5 Å². The first-order chi connectivity index (χ1) is 9.13. The second-order valence-electron chi connectivity index (χ2n) is 4.69. The molecule has 0 amide bonds. The Morgan fingerprint density at radius 2 is 1.84 bits per heavy atom. The molecule has 2 aromatic rings. The van der Waals surface area contributed by atoms with Crippen LogP contribution >= 0.6 is 0 Å². The predicted molar refractivity (Wildman–Crippen MR) is 67.7 cm³/mol. The number of halogens is 2. The Balaban J connectivity index is 1.95. The van der Waals surface area contributed by atoms with E-state index in [1.807, 2.05) is 0 Å². The van der Waals surface area contributed by atoms with E-state index in [1.54, 1.807) is 18.2 Å². The molecule has 1 unspecified atom stereocenters. The maximum atomic E-state index is 13.2. The molecule has 0 saturated heterocycles. The van der Waals surface area contributed by atoms with E-state index >= 15 is 0 Å². The molecule has 0 radical (unpaired) electrons. The monoisotopic (exact) mass is 261 g/mol. The molecular weight excluding hydrogens is 248 g/mol. The highest BCUT2D eigenvalue weighted by atomic mass is 19.1. The highest BCUT2D eigenvalue weighted by Crippen LogP contribution is 2.39. The van der Waals surface area contributed by atoms with Gasteiger partial charge in [0.05, 0.1) is 0 Å². The molecule has 0 fully saturated rings. The summed E-state index contributed by atoms with van der Waals surface area (Å²) < 4.78 is 32.2. The van der Waals surface area contributed by atoms with Crippen molar-refractivity contribution in [1.29, 1.82) is 0 Å². The molecule has 4 heteroatoms. The fraction of sp³-hybridized carbons (Fsp3) is 0.200. The van der Waals surface area contributed by atoms with Gasteiger partial charge in [0.15, 0.2) is 0 Å². The summed E-state index contributed by atoms with van der Waals surface area (Å²) in [4.78, 5) is 0. The van der Waals surface area contributed by atoms with Gasteiger partial charge >= 0.3 is 0 Å².